The van der Waals surface area contributed by atoms with Crippen LogP contribution in [0, 0.1) is 0 Å². The highest BCUT2D eigenvalue weighted by Gasteiger charge is 2.26. The molecule has 290 valence electrons. The van der Waals surface area contributed by atoms with E-state index >= 15 is 0 Å². The minimum atomic E-state index is -4.42. The molecule has 3 N–H and O–H groups in total. The molecule has 9 nitrogen and oxygen atoms in total. The van der Waals surface area contributed by atoms with Gasteiger partial charge in [-0.2, -0.15) is 0 Å². The molecule has 0 aliphatic heterocycles. The van der Waals surface area contributed by atoms with E-state index < -0.39 is 32.5 Å². The molecule has 0 amide bonds. The number of nitrogens with two attached hydrogens (primary N) is 1. The fourth-order valence-electron chi connectivity index (χ4n) is 5.62. The first-order valence-corrected chi connectivity index (χ1v) is 21.6. The highest BCUT2D eigenvalue weighted by Crippen LogP contribution is 2.43. The summed E-state index contributed by atoms with van der Waals surface area (Å²) in [6.07, 6.45) is 35.0. The molecule has 1 unspecified atom stereocenters. The number of carbonyl (C=O) groups is 2. The average Bonchev–Trinajstić information content (AvgIpc) is 3.09. The predicted octanol–water partition coefficient (Wildman–Crippen LogP) is 11.1. The van der Waals surface area contributed by atoms with Gasteiger partial charge in [0.2, 0.25) is 0 Å². The normalized spacial score (nSPS) is 13.7. The third-order valence-electron chi connectivity index (χ3n) is 8.64. The second-order valence-corrected chi connectivity index (χ2v) is 14.9. The van der Waals surface area contributed by atoms with Crippen LogP contribution in [0.15, 0.2) is 12.2 Å². The van der Waals surface area contributed by atoms with Crippen LogP contribution >= 0.6 is 7.82 Å². The first kappa shape index (κ1) is 45.8. The standard InChI is InChI=1S/C39H76NO8P/c1-3-5-7-9-11-13-15-17-18-20-22-24-26-28-30-32-39(42)48-37(36-47-49(43,44)46-34-33-40)35-45-38(41)31-29-27-25-23-21-19-16-14-12-10-8-6-4-2/h17-18,37H,3-16,19-36,40H2,1-2H3,(H,43,44)/b18-17-/t37-/m1/s1/i/hD. The summed E-state index contributed by atoms with van der Waals surface area (Å²) in [5.74, 6) is -0.854. The van der Waals surface area contributed by atoms with Crippen molar-refractivity contribution in [1.82, 2.24) is 0 Å². The lowest BCUT2D eigenvalue weighted by atomic mass is 10.0. The van der Waals surface area contributed by atoms with E-state index in [1.165, 1.54) is 109 Å². The maximum Gasteiger partial charge on any atom is 0.472 e. The summed E-state index contributed by atoms with van der Waals surface area (Å²) in [6.45, 7) is 3.61. The molecule has 0 saturated heterocycles. The summed E-state index contributed by atoms with van der Waals surface area (Å²) in [5.41, 5.74) is 2.07. The van der Waals surface area contributed by atoms with Crippen molar-refractivity contribution in [3.8, 4) is 0 Å². The Morgan fingerprint density at radius 3 is 1.53 bits per heavy atom. The molecule has 0 saturated carbocycles. The zero-order chi connectivity index (χ0) is 36.8. The number of ether oxygens (including phenoxy) is 2. The number of hydrogen-bond acceptors (Lipinski definition) is 8. The fraction of sp³-hybridized carbons (Fsp3) is 0.897. The highest BCUT2D eigenvalue weighted by atomic mass is 31.2. The molecule has 0 fully saturated rings. The Bertz CT molecular complexity index is 847. The van der Waals surface area contributed by atoms with Gasteiger partial charge in [0.15, 0.2) is 6.10 Å². The molecule has 0 heterocycles. The predicted molar refractivity (Wildman–Crippen MR) is 201 cm³/mol. The van der Waals surface area contributed by atoms with Gasteiger partial charge in [-0.3, -0.25) is 18.6 Å². The summed E-state index contributed by atoms with van der Waals surface area (Å²) in [6, 6.07) is 0. The average molecular weight is 719 g/mol. The molecule has 0 rings (SSSR count). The lowest BCUT2D eigenvalue weighted by Gasteiger charge is -2.19. The Labute approximate surface area is 302 Å². The highest BCUT2D eigenvalue weighted by molar-refractivity contribution is 7.47. The van der Waals surface area contributed by atoms with Crippen LogP contribution in [-0.2, 0) is 32.7 Å². The topological polar surface area (TPSA) is 134 Å². The lowest BCUT2D eigenvalue weighted by molar-refractivity contribution is -0.161. The van der Waals surface area contributed by atoms with Crippen LogP contribution in [0.25, 0.3) is 0 Å². The van der Waals surface area contributed by atoms with Gasteiger partial charge in [0.1, 0.15) is 8.02 Å². The van der Waals surface area contributed by atoms with Crippen molar-refractivity contribution in [3.05, 3.63) is 12.2 Å². The van der Waals surface area contributed by atoms with Gasteiger partial charge >= 0.3 is 19.8 Å². The third kappa shape index (κ3) is 36.3. The van der Waals surface area contributed by atoms with E-state index in [2.05, 4.69) is 31.7 Å². The molecule has 0 aromatic rings. The zero-order valence-corrected chi connectivity index (χ0v) is 32.5. The Balaban J connectivity index is 4.25. The third-order valence-corrected chi connectivity index (χ3v) is 9.62. The van der Waals surface area contributed by atoms with Crippen molar-refractivity contribution >= 4 is 19.8 Å². The Morgan fingerprint density at radius 2 is 1.06 bits per heavy atom. The van der Waals surface area contributed by atoms with Gasteiger partial charge in [-0.05, 0) is 38.5 Å². The van der Waals surface area contributed by atoms with E-state index in [9.17, 15) is 19.0 Å². The number of carbonyl (C=O) groups excluding carboxylic acids is 2. The minimum Gasteiger partial charge on any atom is -0.462 e. The van der Waals surface area contributed by atoms with Gasteiger partial charge in [0.25, 0.3) is 0 Å². The molecule has 0 spiro atoms. The van der Waals surface area contributed by atoms with Gasteiger partial charge < -0.3 is 20.1 Å². The van der Waals surface area contributed by atoms with Gasteiger partial charge in [-0.15, -0.1) is 0 Å². The second kappa shape index (κ2) is 36.5. The van der Waals surface area contributed by atoms with Crippen molar-refractivity contribution in [2.75, 3.05) is 26.4 Å². The SMILES string of the molecule is [2H]NCCOP(=O)(O)OC[C@@H](COC(=O)CCCCCCCCCCCCCCC)OC(=O)CCCCCCC/C=C\CCCCCCCC. The number of rotatable bonds is 39. The number of phosphoric ester groups is 1. The molecule has 49 heavy (non-hydrogen) atoms. The number of allylic oxidation sites excluding steroid dienone is 2. The lowest BCUT2D eigenvalue weighted by Crippen LogP contribution is -2.29. The number of hydrogen-bond donors (Lipinski definition) is 2. The molecule has 0 aliphatic carbocycles. The van der Waals surface area contributed by atoms with Crippen LogP contribution in [0.4, 0.5) is 0 Å². The van der Waals surface area contributed by atoms with E-state index in [1.807, 2.05) is 0 Å². The maximum atomic E-state index is 12.6. The van der Waals surface area contributed by atoms with Crippen molar-refractivity contribution in [2.45, 2.75) is 200 Å². The van der Waals surface area contributed by atoms with Crippen LogP contribution in [0.3, 0.4) is 0 Å². The molecule has 0 aliphatic rings. The Morgan fingerprint density at radius 1 is 0.633 bits per heavy atom. The van der Waals surface area contributed by atoms with E-state index in [4.69, 9.17) is 19.9 Å². The Hall–Kier alpha value is -1.25. The maximum absolute atomic E-state index is 12.6. The number of esters is 2. The largest absolute Gasteiger partial charge is 0.472 e. The van der Waals surface area contributed by atoms with Gasteiger partial charge in [0, 0.05) is 19.4 Å². The van der Waals surface area contributed by atoms with Crippen LogP contribution < -0.4 is 5.73 Å². The summed E-state index contributed by atoms with van der Waals surface area (Å²) in [4.78, 5) is 34.8. The molecule has 0 aromatic heterocycles. The van der Waals surface area contributed by atoms with Gasteiger partial charge in [-0.25, -0.2) is 4.57 Å². The van der Waals surface area contributed by atoms with E-state index in [0.717, 1.165) is 51.4 Å². The van der Waals surface area contributed by atoms with E-state index in [0.29, 0.717) is 6.42 Å². The number of phosphoric acid groups is 1. The summed E-state index contributed by atoms with van der Waals surface area (Å²) in [5, 5.41) is 0. The first-order valence-electron chi connectivity index (χ1n) is 20.6. The molecular formula is C39H76NO8P. The molecule has 0 bridgehead atoms. The molecular weight excluding hydrogens is 641 g/mol. The fourth-order valence-corrected chi connectivity index (χ4v) is 6.37. The quantitative estimate of drug-likeness (QED) is 0.0275. The smallest absolute Gasteiger partial charge is 0.462 e. The monoisotopic (exact) mass is 719 g/mol. The van der Waals surface area contributed by atoms with E-state index in [1.54, 1.807) is 0 Å². The second-order valence-electron chi connectivity index (χ2n) is 13.5. The van der Waals surface area contributed by atoms with Gasteiger partial charge in [0.05, 0.1) is 13.2 Å². The summed E-state index contributed by atoms with van der Waals surface area (Å²) in [7, 11) is -4.42. The first-order chi connectivity index (χ1) is 24.3. The van der Waals surface area contributed by atoms with Crippen LogP contribution in [-0.4, -0.2) is 49.3 Å². The van der Waals surface area contributed by atoms with E-state index in [-0.39, 0.29) is 32.6 Å². The van der Waals surface area contributed by atoms with Crippen molar-refractivity contribution in [3.63, 3.8) is 0 Å². The molecule has 2 atom stereocenters. The summed E-state index contributed by atoms with van der Waals surface area (Å²) >= 11 is 0. The molecule has 0 radical (unpaired) electrons. The summed E-state index contributed by atoms with van der Waals surface area (Å²) < 4.78 is 39.7. The van der Waals surface area contributed by atoms with Crippen LogP contribution in [0.5, 0.6) is 0 Å². The van der Waals surface area contributed by atoms with Crippen LogP contribution in [0.2, 0.25) is 1.41 Å². The van der Waals surface area contributed by atoms with Gasteiger partial charge in [-0.1, -0.05) is 154 Å². The zero-order valence-electron chi connectivity index (χ0n) is 32.6. The van der Waals surface area contributed by atoms with Crippen molar-refractivity contribution in [1.29, 1.82) is 0 Å². The van der Waals surface area contributed by atoms with Crippen molar-refractivity contribution < 1.29 is 39.0 Å². The van der Waals surface area contributed by atoms with Crippen molar-refractivity contribution in [2.24, 2.45) is 5.73 Å². The molecule has 10 heteroatoms. The van der Waals surface area contributed by atoms with Crippen LogP contribution in [0.1, 0.15) is 194 Å². The molecule has 0 aromatic carbocycles. The Kier molecular flexibility index (Phi) is 34.1. The number of unbranched alkanes of at least 4 members (excludes halogenated alkanes) is 23. The minimum absolute atomic E-state index is 0.0408.